The second kappa shape index (κ2) is 6.70. The molecular weight excluding hydrogens is 278 g/mol. The molecule has 20 heavy (non-hydrogen) atoms. The van der Waals surface area contributed by atoms with Gasteiger partial charge in [-0.3, -0.25) is 4.79 Å². The number of aliphatic hydroxyl groups is 2. The first-order chi connectivity index (χ1) is 9.69. The van der Waals surface area contributed by atoms with Crippen LogP contribution in [0.4, 0.5) is 0 Å². The molecule has 0 spiro atoms. The molecule has 2 aromatic carbocycles. The molecule has 2 N–H and O–H groups in total. The van der Waals surface area contributed by atoms with Crippen molar-refractivity contribution in [2.24, 2.45) is 0 Å². The normalized spacial score (nSPS) is 10.8. The van der Waals surface area contributed by atoms with Gasteiger partial charge in [-0.2, -0.15) is 0 Å². The maximum atomic E-state index is 12.5. The van der Waals surface area contributed by atoms with Gasteiger partial charge in [0.2, 0.25) is 0 Å². The van der Waals surface area contributed by atoms with Crippen molar-refractivity contribution in [1.82, 2.24) is 4.90 Å². The van der Waals surface area contributed by atoms with Crippen LogP contribution in [-0.2, 0) is 0 Å². The molecule has 0 bridgehead atoms. The summed E-state index contributed by atoms with van der Waals surface area (Å²) in [7, 11) is 0. The molecule has 0 aliphatic heterocycles. The topological polar surface area (TPSA) is 60.8 Å². The van der Waals surface area contributed by atoms with Gasteiger partial charge in [-0.25, -0.2) is 0 Å². The Bertz CT molecular complexity index is 609. The number of carbonyl (C=O) groups excluding carboxylic acids is 1. The smallest absolute Gasteiger partial charge is 0.254 e. The van der Waals surface area contributed by atoms with E-state index in [-0.39, 0.29) is 32.2 Å². The lowest BCUT2D eigenvalue weighted by Crippen LogP contribution is -2.35. The lowest BCUT2D eigenvalue weighted by Gasteiger charge is -2.21. The van der Waals surface area contributed by atoms with E-state index < -0.39 is 0 Å². The fraction of sp³-hybridized carbons (Fsp3) is 0.267. The summed E-state index contributed by atoms with van der Waals surface area (Å²) in [5, 5.41) is 20.2. The minimum Gasteiger partial charge on any atom is -0.395 e. The number of nitrogens with zero attached hydrogens (tertiary/aromatic N) is 1. The molecule has 0 heterocycles. The van der Waals surface area contributed by atoms with Crippen LogP contribution >= 0.6 is 11.6 Å². The Labute approximate surface area is 122 Å². The summed E-state index contributed by atoms with van der Waals surface area (Å²) in [6.45, 7) is 0.0984. The standard InChI is InChI=1S/C15H16ClNO3/c16-14-6-2-3-11-12(14)4-1-5-13(11)15(20)17(7-9-18)8-10-19/h1-6,18-19H,7-10H2. The van der Waals surface area contributed by atoms with E-state index in [9.17, 15) is 4.79 Å². The molecule has 0 radical (unpaired) electrons. The van der Waals surface area contributed by atoms with Crippen molar-refractivity contribution in [2.75, 3.05) is 26.3 Å². The fourth-order valence-electron chi connectivity index (χ4n) is 2.18. The average molecular weight is 294 g/mol. The van der Waals surface area contributed by atoms with E-state index in [1.165, 1.54) is 4.90 Å². The summed E-state index contributed by atoms with van der Waals surface area (Å²) in [5.74, 6) is -0.221. The third-order valence-electron chi connectivity index (χ3n) is 3.13. The SMILES string of the molecule is O=C(c1cccc2c(Cl)cccc12)N(CCO)CCO. The lowest BCUT2D eigenvalue weighted by atomic mass is 10.0. The van der Waals surface area contributed by atoms with Gasteiger partial charge in [-0.15, -0.1) is 0 Å². The van der Waals surface area contributed by atoms with Gasteiger partial charge in [0.25, 0.3) is 5.91 Å². The summed E-state index contributed by atoms with van der Waals surface area (Å²) in [6.07, 6.45) is 0. The third kappa shape index (κ3) is 2.93. The largest absolute Gasteiger partial charge is 0.395 e. The average Bonchev–Trinajstić information content (AvgIpc) is 2.46. The maximum Gasteiger partial charge on any atom is 0.254 e. The fourth-order valence-corrected chi connectivity index (χ4v) is 2.42. The molecule has 0 saturated heterocycles. The van der Waals surface area contributed by atoms with Crippen LogP contribution < -0.4 is 0 Å². The number of rotatable bonds is 5. The highest BCUT2D eigenvalue weighted by molar-refractivity contribution is 6.36. The minimum atomic E-state index is -0.221. The zero-order valence-electron chi connectivity index (χ0n) is 10.9. The van der Waals surface area contributed by atoms with Crippen molar-refractivity contribution in [2.45, 2.75) is 0 Å². The van der Waals surface area contributed by atoms with Crippen molar-refractivity contribution in [3.05, 3.63) is 47.0 Å². The summed E-state index contributed by atoms with van der Waals surface area (Å²) >= 11 is 6.13. The highest BCUT2D eigenvalue weighted by Gasteiger charge is 2.17. The van der Waals surface area contributed by atoms with Crippen LogP contribution in [0, 0.1) is 0 Å². The number of benzene rings is 2. The van der Waals surface area contributed by atoms with Gasteiger partial charge in [0.1, 0.15) is 0 Å². The Morgan fingerprint density at radius 2 is 1.60 bits per heavy atom. The quantitative estimate of drug-likeness (QED) is 0.885. The molecule has 0 unspecified atom stereocenters. The van der Waals surface area contributed by atoms with Crippen LogP contribution in [0.25, 0.3) is 10.8 Å². The molecule has 106 valence electrons. The minimum absolute atomic E-state index is 0.142. The van der Waals surface area contributed by atoms with Gasteiger partial charge in [-0.05, 0) is 17.5 Å². The van der Waals surface area contributed by atoms with Gasteiger partial charge in [-0.1, -0.05) is 35.9 Å². The Morgan fingerprint density at radius 1 is 1.00 bits per heavy atom. The van der Waals surface area contributed by atoms with E-state index in [0.717, 1.165) is 10.8 Å². The van der Waals surface area contributed by atoms with Gasteiger partial charge < -0.3 is 15.1 Å². The van der Waals surface area contributed by atoms with E-state index in [0.29, 0.717) is 10.6 Å². The maximum absolute atomic E-state index is 12.5. The first-order valence-corrected chi connectivity index (χ1v) is 6.75. The predicted octanol–water partition coefficient (Wildman–Crippen LogP) is 1.92. The lowest BCUT2D eigenvalue weighted by molar-refractivity contribution is 0.0687. The number of carbonyl (C=O) groups is 1. The summed E-state index contributed by atoms with van der Waals surface area (Å²) in [6, 6.07) is 10.8. The van der Waals surface area contributed by atoms with E-state index in [4.69, 9.17) is 21.8 Å². The molecule has 4 nitrogen and oxygen atoms in total. The number of hydrogen-bond donors (Lipinski definition) is 2. The van der Waals surface area contributed by atoms with Crippen LogP contribution in [-0.4, -0.2) is 47.3 Å². The van der Waals surface area contributed by atoms with Gasteiger partial charge >= 0.3 is 0 Å². The van der Waals surface area contributed by atoms with Crippen LogP contribution in [0.5, 0.6) is 0 Å². The van der Waals surface area contributed by atoms with Crippen molar-refractivity contribution < 1.29 is 15.0 Å². The summed E-state index contributed by atoms with van der Waals surface area (Å²) in [4.78, 5) is 13.9. The molecule has 2 rings (SSSR count). The van der Waals surface area contributed by atoms with E-state index in [2.05, 4.69) is 0 Å². The van der Waals surface area contributed by atoms with Crippen molar-refractivity contribution >= 4 is 28.3 Å². The van der Waals surface area contributed by atoms with E-state index in [1.54, 1.807) is 24.3 Å². The molecule has 0 aliphatic carbocycles. The Balaban J connectivity index is 2.46. The predicted molar refractivity (Wildman–Crippen MR) is 79.0 cm³/mol. The number of fused-ring (bicyclic) bond motifs is 1. The number of halogens is 1. The van der Waals surface area contributed by atoms with Crippen LogP contribution in [0.3, 0.4) is 0 Å². The van der Waals surface area contributed by atoms with Crippen LogP contribution in [0.15, 0.2) is 36.4 Å². The molecule has 0 aliphatic rings. The second-order valence-electron chi connectivity index (χ2n) is 4.38. The van der Waals surface area contributed by atoms with Gasteiger partial charge in [0.05, 0.1) is 13.2 Å². The summed E-state index contributed by atoms with van der Waals surface area (Å²) < 4.78 is 0. The Morgan fingerprint density at radius 3 is 2.25 bits per heavy atom. The van der Waals surface area contributed by atoms with Gasteiger partial charge in [0, 0.05) is 29.1 Å². The van der Waals surface area contributed by atoms with E-state index >= 15 is 0 Å². The number of amides is 1. The van der Waals surface area contributed by atoms with Gasteiger partial charge in [0.15, 0.2) is 0 Å². The molecular formula is C15H16ClNO3. The summed E-state index contributed by atoms with van der Waals surface area (Å²) in [5.41, 5.74) is 0.520. The molecule has 0 fully saturated rings. The zero-order chi connectivity index (χ0) is 14.5. The molecule has 0 saturated carbocycles. The van der Waals surface area contributed by atoms with Crippen molar-refractivity contribution in [3.8, 4) is 0 Å². The zero-order valence-corrected chi connectivity index (χ0v) is 11.7. The Kier molecular flexibility index (Phi) is 4.95. The Hall–Kier alpha value is -1.62. The number of aliphatic hydroxyl groups excluding tert-OH is 2. The molecule has 5 heteroatoms. The van der Waals surface area contributed by atoms with Crippen LogP contribution in [0.1, 0.15) is 10.4 Å². The first kappa shape index (κ1) is 14.8. The molecule has 0 atom stereocenters. The monoisotopic (exact) mass is 293 g/mol. The van der Waals surface area contributed by atoms with E-state index in [1.807, 2.05) is 12.1 Å². The van der Waals surface area contributed by atoms with Crippen molar-refractivity contribution in [1.29, 1.82) is 0 Å². The highest BCUT2D eigenvalue weighted by atomic mass is 35.5. The molecule has 2 aromatic rings. The third-order valence-corrected chi connectivity index (χ3v) is 3.46. The second-order valence-corrected chi connectivity index (χ2v) is 4.79. The highest BCUT2D eigenvalue weighted by Crippen LogP contribution is 2.26. The number of hydrogen-bond acceptors (Lipinski definition) is 3. The molecule has 0 aromatic heterocycles. The van der Waals surface area contributed by atoms with Crippen molar-refractivity contribution in [3.63, 3.8) is 0 Å². The van der Waals surface area contributed by atoms with Crippen LogP contribution in [0.2, 0.25) is 5.02 Å². The first-order valence-electron chi connectivity index (χ1n) is 6.37. The molecule has 1 amide bonds.